The van der Waals surface area contributed by atoms with E-state index >= 15 is 0 Å². The van der Waals surface area contributed by atoms with Crippen molar-refractivity contribution in [2.75, 3.05) is 12.4 Å². The van der Waals surface area contributed by atoms with E-state index < -0.39 is 0 Å². The summed E-state index contributed by atoms with van der Waals surface area (Å²) in [5.74, 6) is 1.02. The van der Waals surface area contributed by atoms with Gasteiger partial charge in [0.2, 0.25) is 0 Å². The van der Waals surface area contributed by atoms with Crippen molar-refractivity contribution in [2.24, 2.45) is 0 Å². The maximum Gasteiger partial charge on any atom is 0.162 e. The summed E-state index contributed by atoms with van der Waals surface area (Å²) in [7, 11) is 1.80. The van der Waals surface area contributed by atoms with Crippen LogP contribution < -0.4 is 5.32 Å². The second kappa shape index (κ2) is 5.30. The molecule has 3 rings (SSSR count). The topological polar surface area (TPSA) is 37.8 Å². The minimum Gasteiger partial charge on any atom is -0.373 e. The highest BCUT2D eigenvalue weighted by molar-refractivity contribution is 6.31. The minimum atomic E-state index is -0.239. The number of nitrogens with zero attached hydrogens (tertiary/aromatic N) is 2. The van der Waals surface area contributed by atoms with E-state index in [1.165, 1.54) is 6.07 Å². The lowest BCUT2D eigenvalue weighted by molar-refractivity contribution is 0.618. The summed E-state index contributed by atoms with van der Waals surface area (Å²) in [4.78, 5) is 9.03. The third-order valence-electron chi connectivity index (χ3n) is 3.31. The van der Waals surface area contributed by atoms with Gasteiger partial charge in [-0.1, -0.05) is 11.6 Å². The fourth-order valence-electron chi connectivity index (χ4n) is 2.21. The zero-order valence-corrected chi connectivity index (χ0v) is 12.4. The molecule has 1 N–H and O–H groups in total. The van der Waals surface area contributed by atoms with E-state index in [4.69, 9.17) is 11.6 Å². The number of hydrogen-bond acceptors (Lipinski definition) is 3. The van der Waals surface area contributed by atoms with Gasteiger partial charge in [-0.2, -0.15) is 0 Å². The number of nitrogens with one attached hydrogen (secondary N) is 1. The number of aryl methyl sites for hydroxylation is 1. The lowest BCUT2D eigenvalue weighted by Crippen LogP contribution is -1.99. The Labute approximate surface area is 126 Å². The molecule has 0 aliphatic heterocycles. The zero-order valence-electron chi connectivity index (χ0n) is 11.6. The van der Waals surface area contributed by atoms with Gasteiger partial charge in [0.1, 0.15) is 11.6 Å². The second-order valence-electron chi connectivity index (χ2n) is 4.77. The highest BCUT2D eigenvalue weighted by Gasteiger charge is 2.10. The second-order valence-corrected chi connectivity index (χ2v) is 5.21. The molecular formula is C16H13ClFN3. The third-order valence-corrected chi connectivity index (χ3v) is 3.55. The molecule has 0 unspecified atom stereocenters. The lowest BCUT2D eigenvalue weighted by Gasteiger charge is -2.09. The summed E-state index contributed by atoms with van der Waals surface area (Å²) >= 11 is 6.03. The van der Waals surface area contributed by atoms with E-state index in [1.807, 2.05) is 6.07 Å². The monoisotopic (exact) mass is 301 g/mol. The Morgan fingerprint density at radius 3 is 2.62 bits per heavy atom. The van der Waals surface area contributed by atoms with Crippen molar-refractivity contribution < 1.29 is 4.39 Å². The van der Waals surface area contributed by atoms with Crippen molar-refractivity contribution in [3.05, 3.63) is 52.8 Å². The van der Waals surface area contributed by atoms with Gasteiger partial charge in [0.25, 0.3) is 0 Å². The molecule has 0 radical (unpaired) electrons. The molecule has 1 heterocycles. The standard InChI is InChI=1S/C16H13ClFN3/c1-9-7-10(3-6-13(9)18)15-20-14-8-11(17)4-5-12(14)16(19-2)21-15/h3-8H,1-2H3,(H,19,20,21). The van der Waals surface area contributed by atoms with Gasteiger partial charge in [-0.3, -0.25) is 0 Å². The summed E-state index contributed by atoms with van der Waals surface area (Å²) < 4.78 is 13.4. The lowest BCUT2D eigenvalue weighted by atomic mass is 10.1. The molecule has 21 heavy (non-hydrogen) atoms. The van der Waals surface area contributed by atoms with Gasteiger partial charge in [-0.15, -0.1) is 0 Å². The van der Waals surface area contributed by atoms with E-state index in [1.54, 1.807) is 38.2 Å². The van der Waals surface area contributed by atoms with Crippen molar-refractivity contribution in [3.63, 3.8) is 0 Å². The number of hydrogen-bond donors (Lipinski definition) is 1. The number of fused-ring (bicyclic) bond motifs is 1. The molecule has 0 saturated carbocycles. The van der Waals surface area contributed by atoms with Gasteiger partial charge in [-0.25, -0.2) is 14.4 Å². The fourth-order valence-corrected chi connectivity index (χ4v) is 2.37. The Bertz CT molecular complexity index is 833. The highest BCUT2D eigenvalue weighted by Crippen LogP contribution is 2.27. The molecule has 3 aromatic rings. The van der Waals surface area contributed by atoms with E-state index in [2.05, 4.69) is 15.3 Å². The highest BCUT2D eigenvalue weighted by atomic mass is 35.5. The van der Waals surface area contributed by atoms with Gasteiger partial charge in [0.15, 0.2) is 5.82 Å². The summed E-state index contributed by atoms with van der Waals surface area (Å²) in [6.07, 6.45) is 0. The first-order chi connectivity index (χ1) is 10.1. The third kappa shape index (κ3) is 2.54. The molecule has 0 spiro atoms. The molecule has 1 aromatic heterocycles. The van der Waals surface area contributed by atoms with Crippen LogP contribution in [0.2, 0.25) is 5.02 Å². The van der Waals surface area contributed by atoms with Crippen molar-refractivity contribution in [3.8, 4) is 11.4 Å². The molecule has 0 aliphatic carbocycles. The molecule has 0 saturated heterocycles. The van der Waals surface area contributed by atoms with E-state index in [0.29, 0.717) is 22.2 Å². The first-order valence-corrected chi connectivity index (χ1v) is 6.88. The van der Waals surface area contributed by atoms with Crippen LogP contribution in [0.15, 0.2) is 36.4 Å². The molecule has 106 valence electrons. The number of rotatable bonds is 2. The maximum atomic E-state index is 13.4. The molecular weight excluding hydrogens is 289 g/mol. The Hall–Kier alpha value is -2.20. The van der Waals surface area contributed by atoms with Crippen LogP contribution in [-0.2, 0) is 0 Å². The van der Waals surface area contributed by atoms with E-state index in [-0.39, 0.29) is 5.82 Å². The normalized spacial score (nSPS) is 10.9. The molecule has 2 aromatic carbocycles. The SMILES string of the molecule is CNc1nc(-c2ccc(F)c(C)c2)nc2cc(Cl)ccc12. The van der Waals surface area contributed by atoms with Crippen LogP contribution >= 0.6 is 11.6 Å². The van der Waals surface area contributed by atoms with Gasteiger partial charge in [-0.05, 0) is 48.9 Å². The molecule has 0 aliphatic rings. The molecule has 0 amide bonds. The van der Waals surface area contributed by atoms with Crippen molar-refractivity contribution in [2.45, 2.75) is 6.92 Å². The number of benzene rings is 2. The van der Waals surface area contributed by atoms with Gasteiger partial charge in [0, 0.05) is 23.0 Å². The van der Waals surface area contributed by atoms with Crippen LogP contribution in [0.25, 0.3) is 22.3 Å². The Balaban J connectivity index is 2.24. The first kappa shape index (κ1) is 13.8. The van der Waals surface area contributed by atoms with E-state index in [0.717, 1.165) is 16.5 Å². The summed E-state index contributed by atoms with van der Waals surface area (Å²) in [5.41, 5.74) is 2.08. The maximum absolute atomic E-state index is 13.4. The minimum absolute atomic E-state index is 0.239. The van der Waals surface area contributed by atoms with E-state index in [9.17, 15) is 4.39 Å². The molecule has 3 nitrogen and oxygen atoms in total. The number of aromatic nitrogens is 2. The van der Waals surface area contributed by atoms with Gasteiger partial charge < -0.3 is 5.32 Å². The van der Waals surface area contributed by atoms with Crippen LogP contribution in [0.5, 0.6) is 0 Å². The summed E-state index contributed by atoms with van der Waals surface area (Å²) in [6, 6.07) is 10.3. The Kier molecular flexibility index (Phi) is 3.47. The summed E-state index contributed by atoms with van der Waals surface area (Å²) in [5, 5.41) is 4.57. The van der Waals surface area contributed by atoms with Gasteiger partial charge >= 0.3 is 0 Å². The smallest absolute Gasteiger partial charge is 0.162 e. The molecule has 0 bridgehead atoms. The van der Waals surface area contributed by atoms with Crippen LogP contribution in [0, 0.1) is 12.7 Å². The van der Waals surface area contributed by atoms with Crippen molar-refractivity contribution in [1.82, 2.24) is 9.97 Å². The number of halogens is 2. The average molecular weight is 302 g/mol. The first-order valence-electron chi connectivity index (χ1n) is 6.50. The zero-order chi connectivity index (χ0) is 15.0. The predicted molar refractivity (Wildman–Crippen MR) is 84.2 cm³/mol. The van der Waals surface area contributed by atoms with Crippen molar-refractivity contribution >= 4 is 28.3 Å². The molecule has 0 atom stereocenters. The van der Waals surface area contributed by atoms with Crippen LogP contribution in [0.3, 0.4) is 0 Å². The Morgan fingerprint density at radius 1 is 1.10 bits per heavy atom. The largest absolute Gasteiger partial charge is 0.373 e. The average Bonchev–Trinajstić information content (AvgIpc) is 2.48. The van der Waals surface area contributed by atoms with Crippen LogP contribution in [0.4, 0.5) is 10.2 Å². The van der Waals surface area contributed by atoms with Crippen LogP contribution in [-0.4, -0.2) is 17.0 Å². The Morgan fingerprint density at radius 2 is 1.90 bits per heavy atom. The number of anilines is 1. The predicted octanol–water partition coefficient (Wildman–Crippen LogP) is 4.44. The molecule has 0 fully saturated rings. The fraction of sp³-hybridized carbons (Fsp3) is 0.125. The quantitative estimate of drug-likeness (QED) is 0.760. The van der Waals surface area contributed by atoms with Gasteiger partial charge in [0.05, 0.1) is 5.52 Å². The molecule has 5 heteroatoms. The van der Waals surface area contributed by atoms with Crippen LogP contribution in [0.1, 0.15) is 5.56 Å². The van der Waals surface area contributed by atoms with Crippen molar-refractivity contribution in [1.29, 1.82) is 0 Å². The summed E-state index contributed by atoms with van der Waals surface area (Å²) in [6.45, 7) is 1.72.